The first-order valence-electron chi connectivity index (χ1n) is 12.7. The molecule has 0 radical (unpaired) electrons. The summed E-state index contributed by atoms with van der Waals surface area (Å²) in [5, 5.41) is 0. The van der Waals surface area contributed by atoms with Crippen molar-refractivity contribution in [1.29, 1.82) is 0 Å². The number of nitrogens with zero attached hydrogens (tertiary/aromatic N) is 1. The molecule has 1 nitrogen and oxygen atoms in total. The number of hydrogen-bond donors (Lipinski definition) is 0. The van der Waals surface area contributed by atoms with E-state index >= 15 is 0 Å². The Labute approximate surface area is 217 Å². The van der Waals surface area contributed by atoms with Gasteiger partial charge < -0.3 is 0 Å². The van der Waals surface area contributed by atoms with Crippen molar-refractivity contribution < 1.29 is 0 Å². The van der Waals surface area contributed by atoms with Crippen molar-refractivity contribution in [2.45, 2.75) is 5.41 Å². The maximum Gasteiger partial charge on any atom is 0.0714 e. The molecule has 5 aromatic carbocycles. The van der Waals surface area contributed by atoms with Crippen LogP contribution in [0.15, 0.2) is 152 Å². The lowest BCUT2D eigenvalue weighted by Gasteiger charge is -2.34. The average molecular weight is 472 g/mol. The van der Waals surface area contributed by atoms with Crippen LogP contribution in [0.5, 0.6) is 0 Å². The maximum atomic E-state index is 4.65. The van der Waals surface area contributed by atoms with E-state index in [9.17, 15) is 0 Å². The van der Waals surface area contributed by atoms with Gasteiger partial charge in [-0.05, 0) is 68.8 Å². The van der Waals surface area contributed by atoms with Gasteiger partial charge in [0.15, 0.2) is 0 Å². The van der Waals surface area contributed by atoms with Crippen LogP contribution in [0.2, 0.25) is 0 Å². The zero-order valence-electron chi connectivity index (χ0n) is 20.4. The van der Waals surface area contributed by atoms with Gasteiger partial charge in [-0.25, -0.2) is 0 Å². The zero-order valence-corrected chi connectivity index (χ0v) is 20.4. The molecule has 1 heteroatoms. The SMILES string of the molecule is c1ccc(-c2cccc(C3(c4cccc(-c5ccccn5)c4)c4ccccc4-c4ccccc43)c2)cc1. The predicted octanol–water partition coefficient (Wildman–Crippen LogP) is 8.78. The highest BCUT2D eigenvalue weighted by Gasteiger charge is 2.46. The molecular formula is C36H25N. The van der Waals surface area contributed by atoms with Crippen molar-refractivity contribution in [3.8, 4) is 33.5 Å². The Bertz CT molecular complexity index is 1590. The molecule has 1 aliphatic carbocycles. The molecule has 1 heterocycles. The van der Waals surface area contributed by atoms with Crippen molar-refractivity contribution in [2.24, 2.45) is 0 Å². The summed E-state index contributed by atoms with van der Waals surface area (Å²) in [5.74, 6) is 0. The van der Waals surface area contributed by atoms with Gasteiger partial charge in [-0.2, -0.15) is 0 Å². The average Bonchev–Trinajstić information content (AvgIpc) is 3.30. The molecule has 1 aromatic heterocycles. The summed E-state index contributed by atoms with van der Waals surface area (Å²) in [6.45, 7) is 0. The Morgan fingerprint density at radius 1 is 0.405 bits per heavy atom. The maximum absolute atomic E-state index is 4.65. The summed E-state index contributed by atoms with van der Waals surface area (Å²) in [4.78, 5) is 4.65. The van der Waals surface area contributed by atoms with Crippen LogP contribution in [0.1, 0.15) is 22.3 Å². The molecule has 0 bridgehead atoms. The number of aromatic nitrogens is 1. The Kier molecular flexibility index (Phi) is 5.08. The van der Waals surface area contributed by atoms with Crippen molar-refractivity contribution in [2.75, 3.05) is 0 Å². The third kappa shape index (κ3) is 3.36. The van der Waals surface area contributed by atoms with Gasteiger partial charge in [0.25, 0.3) is 0 Å². The van der Waals surface area contributed by atoms with Crippen LogP contribution in [0.3, 0.4) is 0 Å². The molecular weight excluding hydrogens is 446 g/mol. The van der Waals surface area contributed by atoms with Gasteiger partial charge in [0.2, 0.25) is 0 Å². The Morgan fingerprint density at radius 3 is 1.59 bits per heavy atom. The quantitative estimate of drug-likeness (QED) is 0.250. The highest BCUT2D eigenvalue weighted by molar-refractivity contribution is 5.87. The molecule has 0 atom stereocenters. The second-order valence-corrected chi connectivity index (χ2v) is 9.58. The normalized spacial score (nSPS) is 13.1. The molecule has 37 heavy (non-hydrogen) atoms. The molecule has 0 N–H and O–H groups in total. The fraction of sp³-hybridized carbons (Fsp3) is 0.0278. The Morgan fingerprint density at radius 2 is 0.946 bits per heavy atom. The van der Waals surface area contributed by atoms with Gasteiger partial charge in [0.05, 0.1) is 11.1 Å². The van der Waals surface area contributed by atoms with Crippen LogP contribution in [0.25, 0.3) is 33.5 Å². The minimum Gasteiger partial charge on any atom is -0.256 e. The molecule has 174 valence electrons. The Hall–Kier alpha value is -4.75. The van der Waals surface area contributed by atoms with Crippen molar-refractivity contribution in [3.05, 3.63) is 174 Å². The minimum absolute atomic E-state index is 0.442. The highest BCUT2D eigenvalue weighted by Crippen LogP contribution is 2.56. The summed E-state index contributed by atoms with van der Waals surface area (Å²) in [6.07, 6.45) is 1.86. The third-order valence-electron chi connectivity index (χ3n) is 7.61. The lowest BCUT2D eigenvalue weighted by atomic mass is 9.67. The van der Waals surface area contributed by atoms with Crippen molar-refractivity contribution in [1.82, 2.24) is 4.98 Å². The van der Waals surface area contributed by atoms with Crippen LogP contribution in [0, 0.1) is 0 Å². The van der Waals surface area contributed by atoms with E-state index in [1.54, 1.807) is 0 Å². The van der Waals surface area contributed by atoms with E-state index in [4.69, 9.17) is 0 Å². The predicted molar refractivity (Wildman–Crippen MR) is 152 cm³/mol. The fourth-order valence-electron chi connectivity index (χ4n) is 6.03. The number of rotatable bonds is 4. The number of hydrogen-bond acceptors (Lipinski definition) is 1. The molecule has 0 unspecified atom stereocenters. The largest absolute Gasteiger partial charge is 0.256 e. The van der Waals surface area contributed by atoms with Crippen molar-refractivity contribution in [3.63, 3.8) is 0 Å². The van der Waals surface area contributed by atoms with Crippen LogP contribution >= 0.6 is 0 Å². The van der Waals surface area contributed by atoms with Gasteiger partial charge in [0, 0.05) is 11.8 Å². The summed E-state index contributed by atoms with van der Waals surface area (Å²) < 4.78 is 0. The van der Waals surface area contributed by atoms with Crippen LogP contribution in [-0.4, -0.2) is 4.98 Å². The summed E-state index contributed by atoms with van der Waals surface area (Å²) in [5.41, 5.74) is 11.9. The minimum atomic E-state index is -0.442. The topological polar surface area (TPSA) is 12.9 Å². The fourth-order valence-corrected chi connectivity index (χ4v) is 6.03. The number of pyridine rings is 1. The van der Waals surface area contributed by atoms with Crippen LogP contribution in [0.4, 0.5) is 0 Å². The van der Waals surface area contributed by atoms with E-state index in [1.165, 1.54) is 44.5 Å². The first kappa shape index (κ1) is 21.5. The molecule has 7 rings (SSSR count). The van der Waals surface area contributed by atoms with E-state index in [-0.39, 0.29) is 0 Å². The lowest BCUT2D eigenvalue weighted by Crippen LogP contribution is -2.28. The molecule has 6 aromatic rings. The van der Waals surface area contributed by atoms with Gasteiger partial charge in [0.1, 0.15) is 0 Å². The van der Waals surface area contributed by atoms with Crippen LogP contribution in [-0.2, 0) is 5.41 Å². The Balaban J connectivity index is 1.56. The molecule has 1 aliphatic rings. The first-order valence-corrected chi connectivity index (χ1v) is 12.7. The molecule has 0 fully saturated rings. The van der Waals surface area contributed by atoms with E-state index in [2.05, 4.69) is 138 Å². The van der Waals surface area contributed by atoms with E-state index in [0.29, 0.717) is 0 Å². The summed E-state index contributed by atoms with van der Waals surface area (Å²) in [6, 6.07) is 52.5. The van der Waals surface area contributed by atoms with Crippen LogP contribution < -0.4 is 0 Å². The standard InChI is InChI=1S/C36H25N/c1-2-12-26(13-3-1)27-14-10-16-29(24-27)36(30-17-11-15-28(25-30)35-22-8-9-23-37-35)33-20-6-4-18-31(33)32-19-5-7-21-34(32)36/h1-25H. The molecule has 0 spiro atoms. The molecule has 0 aliphatic heterocycles. The highest BCUT2D eigenvalue weighted by atomic mass is 14.7. The van der Waals surface area contributed by atoms with Gasteiger partial charge >= 0.3 is 0 Å². The van der Waals surface area contributed by atoms with E-state index in [0.717, 1.165) is 11.3 Å². The second kappa shape index (κ2) is 8.72. The van der Waals surface area contributed by atoms with Gasteiger partial charge in [-0.15, -0.1) is 0 Å². The first-order chi connectivity index (χ1) is 18.4. The number of benzene rings is 5. The van der Waals surface area contributed by atoms with E-state index < -0.39 is 5.41 Å². The molecule has 0 saturated carbocycles. The zero-order chi connectivity index (χ0) is 24.7. The van der Waals surface area contributed by atoms with E-state index in [1.807, 2.05) is 18.3 Å². The van der Waals surface area contributed by atoms with Crippen molar-refractivity contribution >= 4 is 0 Å². The molecule has 0 amide bonds. The summed E-state index contributed by atoms with van der Waals surface area (Å²) >= 11 is 0. The summed E-state index contributed by atoms with van der Waals surface area (Å²) in [7, 11) is 0. The lowest BCUT2D eigenvalue weighted by molar-refractivity contribution is 0.769. The second-order valence-electron chi connectivity index (χ2n) is 9.58. The monoisotopic (exact) mass is 471 g/mol. The number of fused-ring (bicyclic) bond motifs is 3. The van der Waals surface area contributed by atoms with Gasteiger partial charge in [-0.3, -0.25) is 4.98 Å². The smallest absolute Gasteiger partial charge is 0.0714 e. The molecule has 0 saturated heterocycles. The third-order valence-corrected chi connectivity index (χ3v) is 7.61. The van der Waals surface area contributed by atoms with Gasteiger partial charge in [-0.1, -0.05) is 121 Å².